The van der Waals surface area contributed by atoms with Crippen molar-refractivity contribution in [2.45, 2.75) is 246 Å². The van der Waals surface area contributed by atoms with E-state index in [2.05, 4.69) is 106 Å². The van der Waals surface area contributed by atoms with Crippen molar-refractivity contribution in [2.24, 2.45) is 23.7 Å². The van der Waals surface area contributed by atoms with Crippen LogP contribution in [0.15, 0.2) is 178 Å². The van der Waals surface area contributed by atoms with Crippen molar-refractivity contribution in [1.82, 2.24) is 64.7 Å². The summed E-state index contributed by atoms with van der Waals surface area (Å²) in [5, 5.41) is 51.9. The Morgan fingerprint density at radius 2 is 0.684 bits per heavy atom. The number of Topliss-reactive ketones (excluding diaryl/α,β-unsaturated/α-hetero) is 4. The minimum Gasteiger partial charge on any atom is -0.448 e. The van der Waals surface area contributed by atoms with Gasteiger partial charge in [0.2, 0.25) is 29.5 Å². The van der Waals surface area contributed by atoms with Gasteiger partial charge in [-0.05, 0) is 141 Å². The van der Waals surface area contributed by atoms with E-state index in [-0.39, 0.29) is 115 Å². The summed E-state index contributed by atoms with van der Waals surface area (Å²) in [6.45, 7) is 28.2. The molecule has 4 saturated heterocycles. The van der Waals surface area contributed by atoms with Gasteiger partial charge in [-0.1, -0.05) is 183 Å². The van der Waals surface area contributed by atoms with Crippen LogP contribution >= 0.6 is 56.7 Å². The molecule has 4 aliphatic heterocycles. The van der Waals surface area contributed by atoms with Gasteiger partial charge in [0, 0.05) is 94.8 Å². The minimum absolute atomic E-state index is 0.00473. The zero-order chi connectivity index (χ0) is 97.3. The predicted octanol–water partition coefficient (Wildman–Crippen LogP) is 17.3. The number of oxazole rings is 1. The Balaban J connectivity index is 0.000000153. The molecule has 0 radical (unpaired) electrons. The summed E-state index contributed by atoms with van der Waals surface area (Å²) in [7, 11) is 0. The number of β-amino-alcohol motifs (C(OH)–C–C–N with tert-alkyl or cyclic N) is 4. The number of aliphatic hydroxyl groups excluding tert-OH is 4. The summed E-state index contributed by atoms with van der Waals surface area (Å²) < 4.78 is 5.53. The summed E-state index contributed by atoms with van der Waals surface area (Å²) >= 11 is 7.95. The number of rotatable bonds is 32. The number of aryl methyl sites for hydroxylation is 10. The molecule has 0 aliphatic carbocycles. The van der Waals surface area contributed by atoms with Gasteiger partial charge in [-0.15, -0.1) is 61.8 Å². The maximum Gasteiger partial charge on any atom is 0.236 e. The van der Waals surface area contributed by atoms with E-state index in [9.17, 15) is 58.8 Å². The lowest BCUT2D eigenvalue weighted by Gasteiger charge is -2.30. The monoisotopic (exact) mass is 1930 g/mol. The number of hydrogen-bond acceptors (Lipinski definition) is 27. The third kappa shape index (κ3) is 25.6. The average molecular weight is 1940 g/mol. The van der Waals surface area contributed by atoms with E-state index < -0.39 is 66.3 Å². The van der Waals surface area contributed by atoms with Crippen molar-refractivity contribution < 1.29 is 63.2 Å². The summed E-state index contributed by atoms with van der Waals surface area (Å²) in [5.41, 5.74) is 22.8. The van der Waals surface area contributed by atoms with Crippen molar-refractivity contribution in [2.75, 3.05) is 26.2 Å². The molecule has 16 rings (SSSR count). The van der Waals surface area contributed by atoms with Gasteiger partial charge in [0.1, 0.15) is 23.1 Å². The second-order valence-electron chi connectivity index (χ2n) is 37.3. The fourth-order valence-corrected chi connectivity index (χ4v) is 22.8. The number of hydrogen-bond donors (Lipinski definition) is 4. The van der Waals surface area contributed by atoms with Crippen molar-refractivity contribution in [1.29, 1.82) is 0 Å². The molecule has 11 heterocycles. The highest BCUT2D eigenvalue weighted by molar-refractivity contribution is 7.14. The van der Waals surface area contributed by atoms with Crippen LogP contribution in [0.25, 0.3) is 41.8 Å². The molecule has 136 heavy (non-hydrogen) atoms. The Bertz CT molecular complexity index is 5650. The van der Waals surface area contributed by atoms with Crippen molar-refractivity contribution >= 4 is 103 Å². The third-order valence-corrected chi connectivity index (χ3v) is 30.7. The van der Waals surface area contributed by atoms with E-state index in [0.717, 1.165) is 103 Å². The molecule has 4 amide bonds. The molecule has 12 aromatic rings. The molecule has 0 spiro atoms. The number of aliphatic hydroxyl groups is 4. The van der Waals surface area contributed by atoms with Gasteiger partial charge in [-0.3, -0.25) is 38.4 Å². The lowest BCUT2D eigenvalue weighted by atomic mass is 9.87. The van der Waals surface area contributed by atoms with Crippen molar-refractivity contribution in [3.63, 3.8) is 0 Å². The molecule has 716 valence electrons. The SMILES string of the molecule is Cc1coc([C@H](C(=O)N2C[C@H](O)C[C@H]2C(=O)CCc2ccc(-c3scnc3C)cc2)C(C)C)n1.Cc1csc([C@H](C(=O)N2C[C@H](O)C[C@H]2C(=O)CCc2ccc(-c3scnc3C)cc2)C(C)C)n1.Cc1ncsc1-c1ccc(CCC(=O)[C@@H]2C[C@@H](O)CN2C(=O)[C@@H](c2ccccc2)C(C)C)cc1.Cc1ncsc1-c1ccc(CCC(=O)[C@@H]2C[C@@H](O)CN2C(=O)[C@@H](c2nccnn2)C(C)C)cc1. The maximum atomic E-state index is 13.6. The van der Waals surface area contributed by atoms with E-state index in [0.29, 0.717) is 81.6 Å². The molecule has 4 fully saturated rings. The van der Waals surface area contributed by atoms with Gasteiger partial charge in [0.15, 0.2) is 29.0 Å². The zero-order valence-electron chi connectivity index (χ0n) is 79.6. The quantitative estimate of drug-likeness (QED) is 0.0304. The van der Waals surface area contributed by atoms with Gasteiger partial charge >= 0.3 is 0 Å². The third-order valence-electron chi connectivity index (χ3n) is 25.7. The number of likely N-dealkylation sites (tertiary alicyclic amines) is 4. The fourth-order valence-electron chi connectivity index (χ4n) is 18.5. The van der Waals surface area contributed by atoms with Crippen LogP contribution in [-0.4, -0.2) is 207 Å². The first kappa shape index (κ1) is 102. The maximum absolute atomic E-state index is 13.6. The van der Waals surface area contributed by atoms with E-state index in [1.807, 2.05) is 191 Å². The van der Waals surface area contributed by atoms with Gasteiger partial charge in [0.25, 0.3) is 0 Å². The van der Waals surface area contributed by atoms with Gasteiger partial charge in [-0.25, -0.2) is 34.9 Å². The van der Waals surface area contributed by atoms with Gasteiger partial charge in [-0.2, -0.15) is 5.10 Å². The van der Waals surface area contributed by atoms with Crippen LogP contribution in [0.4, 0.5) is 0 Å². The molecule has 7 aromatic heterocycles. The molecule has 31 heteroatoms. The largest absolute Gasteiger partial charge is 0.448 e. The molecule has 0 bridgehead atoms. The van der Waals surface area contributed by atoms with Gasteiger partial charge in [0.05, 0.1) is 137 Å². The normalized spacial score (nSPS) is 19.0. The molecular weight excluding hydrogens is 1810 g/mol. The number of amides is 4. The summed E-state index contributed by atoms with van der Waals surface area (Å²) in [6, 6.07) is 40.1. The molecule has 12 atom stereocenters. The highest BCUT2D eigenvalue weighted by atomic mass is 32.1. The molecule has 26 nitrogen and oxygen atoms in total. The number of benzene rings is 5. The Kier molecular flexibility index (Phi) is 35.6. The second-order valence-corrected chi connectivity index (χ2v) is 41.6. The summed E-state index contributed by atoms with van der Waals surface area (Å²) in [6.07, 6.45) is 6.54. The standard InChI is InChI=1S/C28H32N2O3S.C26H31N3O4S.C26H31N3O3S2.C25H29N5O3S/c1-18(2)26(21-7-5-4-6-8-21)28(33)30-16-23(31)15-24(30)25(32)14-11-20-9-12-22(13-10-20)27-19(3)29-17-34-27;2*1-15(2)23(25-28-16(3)13-33-25)26(32)29-12-20(30)11-21(29)22(31)10-7-18-5-8-19(9-6-18)24-17(4)27-14-34-24;1-15(2)22(24-26-10-11-28-29-24)25(33)30-13-19(31)12-20(30)21(32)9-6-17-4-7-18(8-5-17)23-16(3)27-14-34-23/h4-10,12-13,17-18,23-24,26,31H,11,14-16H2,1-3H3;2*5-6,8-9,13-15,20-21,23,30H,7,10-12H2,1-4H3;4-5,7-8,10-11,14-15,19-20,22,31H,6,9,12-13H2,1-3H3/t23-,24+,26-;2*20-,21+,23-;19-,20+,22-/m1111/s1. The second kappa shape index (κ2) is 47.3. The Hall–Kier alpha value is -11.1. The Morgan fingerprint density at radius 1 is 0.368 bits per heavy atom. The Labute approximate surface area is 815 Å². The number of aromatic nitrogens is 9. The van der Waals surface area contributed by atoms with Crippen LogP contribution in [-0.2, 0) is 64.0 Å². The van der Waals surface area contributed by atoms with Crippen LogP contribution in [0.5, 0.6) is 0 Å². The van der Waals surface area contributed by atoms with E-state index in [1.54, 1.807) is 55.1 Å². The highest BCUT2D eigenvalue weighted by Gasteiger charge is 2.47. The Morgan fingerprint density at radius 3 is 0.956 bits per heavy atom. The van der Waals surface area contributed by atoms with Gasteiger partial charge < -0.3 is 44.4 Å². The molecular formula is C105H123N13O13S5. The first-order valence-corrected chi connectivity index (χ1v) is 51.1. The molecule has 0 unspecified atom stereocenters. The van der Waals surface area contributed by atoms with Crippen molar-refractivity contribution in [3.8, 4) is 41.8 Å². The lowest BCUT2D eigenvalue weighted by Crippen LogP contribution is -2.44. The summed E-state index contributed by atoms with van der Waals surface area (Å²) in [4.78, 5) is 148. The predicted molar refractivity (Wildman–Crippen MR) is 532 cm³/mol. The van der Waals surface area contributed by atoms with Crippen LogP contribution in [0, 0.1) is 65.2 Å². The molecule has 4 N–H and O–H groups in total. The molecule has 0 saturated carbocycles. The number of carbonyl (C=O) groups is 8. The van der Waals surface area contributed by atoms with E-state index in [1.165, 1.54) is 39.8 Å². The topological polar surface area (TPSA) is 360 Å². The van der Waals surface area contributed by atoms with Crippen LogP contribution < -0.4 is 0 Å². The highest BCUT2D eigenvalue weighted by Crippen LogP contribution is 2.40. The summed E-state index contributed by atoms with van der Waals surface area (Å²) in [5.74, 6) is -1.90. The first-order valence-electron chi connectivity index (χ1n) is 46.7. The number of thiazole rings is 5. The first-order chi connectivity index (χ1) is 65.2. The molecule has 4 aliphatic rings. The van der Waals surface area contributed by atoms with Crippen LogP contribution in [0.1, 0.15) is 209 Å². The number of carbonyl (C=O) groups excluding carboxylic acids is 8. The molecule has 5 aromatic carbocycles. The lowest BCUT2D eigenvalue weighted by molar-refractivity contribution is -0.140. The number of ketones is 4. The number of nitrogens with zero attached hydrogens (tertiary/aromatic N) is 13. The fraction of sp³-hybridized carbons (Fsp3) is 0.438. The average Bonchev–Trinajstić information content (AvgIpc) is 1.66. The van der Waals surface area contributed by atoms with Crippen molar-refractivity contribution in [3.05, 3.63) is 252 Å². The zero-order valence-corrected chi connectivity index (χ0v) is 83.7. The van der Waals surface area contributed by atoms with Crippen LogP contribution in [0.2, 0.25) is 0 Å². The smallest absolute Gasteiger partial charge is 0.236 e. The minimum atomic E-state index is -0.720. The van der Waals surface area contributed by atoms with E-state index >= 15 is 0 Å². The van der Waals surface area contributed by atoms with Crippen LogP contribution in [0.3, 0.4) is 0 Å². The van der Waals surface area contributed by atoms with E-state index in [4.69, 9.17) is 4.42 Å².